The van der Waals surface area contributed by atoms with Crippen LogP contribution in [0.5, 0.6) is 17.2 Å². The first kappa shape index (κ1) is 26.3. The Kier molecular flexibility index (Phi) is 7.30. The fourth-order valence-corrected chi connectivity index (χ4v) is 5.16. The molecule has 2 aliphatic heterocycles. The number of halogens is 1. The number of phenolic OH excluding ortho intramolecular Hbond substituents is 2. The van der Waals surface area contributed by atoms with E-state index in [4.69, 9.17) is 21.3 Å². The van der Waals surface area contributed by atoms with Gasteiger partial charge in [-0.3, -0.25) is 14.7 Å². The molecule has 1 amide bonds. The molecule has 1 saturated heterocycles. The van der Waals surface area contributed by atoms with E-state index >= 15 is 0 Å². The van der Waals surface area contributed by atoms with Crippen LogP contribution in [0.3, 0.4) is 0 Å². The number of fused-ring (bicyclic) bond motifs is 3. The van der Waals surface area contributed by atoms with Gasteiger partial charge in [0, 0.05) is 22.7 Å². The van der Waals surface area contributed by atoms with Crippen molar-refractivity contribution in [2.45, 2.75) is 38.1 Å². The van der Waals surface area contributed by atoms with Gasteiger partial charge >= 0.3 is 6.17 Å². The third-order valence-corrected chi connectivity index (χ3v) is 7.17. The van der Waals surface area contributed by atoms with E-state index in [1.54, 1.807) is 25.3 Å². The first-order chi connectivity index (χ1) is 18.7. The van der Waals surface area contributed by atoms with Crippen LogP contribution in [0, 0.1) is 4.91 Å². The number of anilines is 1. The number of benzene rings is 3. The molecule has 2 heterocycles. The Hall–Kier alpha value is -4.31. The van der Waals surface area contributed by atoms with E-state index < -0.39 is 12.2 Å². The van der Waals surface area contributed by atoms with E-state index in [1.165, 1.54) is 12.1 Å². The van der Waals surface area contributed by atoms with Gasteiger partial charge in [0.15, 0.2) is 17.7 Å². The summed E-state index contributed by atoms with van der Waals surface area (Å²) in [6.45, 7) is 2.20. The summed E-state index contributed by atoms with van der Waals surface area (Å²) in [5.74, 6) is -0.0351. The lowest BCUT2D eigenvalue weighted by molar-refractivity contribution is -0.622. The molecular formula is C28H29ClN5O5+. The minimum atomic E-state index is -0.767. The third-order valence-electron chi connectivity index (χ3n) is 6.92. The molecule has 202 valence electrons. The second kappa shape index (κ2) is 10.8. The van der Waals surface area contributed by atoms with Crippen LogP contribution in [0.15, 0.2) is 65.7 Å². The van der Waals surface area contributed by atoms with Crippen LogP contribution in [-0.4, -0.2) is 58.7 Å². The second-order valence-corrected chi connectivity index (χ2v) is 9.95. The van der Waals surface area contributed by atoms with Gasteiger partial charge in [0.05, 0.1) is 29.8 Å². The maximum absolute atomic E-state index is 13.1. The molecule has 10 nitrogen and oxygen atoms in total. The Balaban J connectivity index is 1.46. The number of carbonyl (C=O) groups excluding carboxylic acids is 1. The van der Waals surface area contributed by atoms with Crippen molar-refractivity contribution in [3.05, 3.63) is 87.3 Å². The van der Waals surface area contributed by atoms with Crippen LogP contribution in [0.1, 0.15) is 30.0 Å². The second-order valence-electron chi connectivity index (χ2n) is 9.51. The SMILES string of the molecule is COc1ccc2c(c1)C(c1ccc(Cl)cc1)=NC(CC(=O)NCCc1ccc(O)c(O)c1)C1N2C(C)N[N+]1=O. The highest BCUT2D eigenvalue weighted by Gasteiger charge is 2.53. The van der Waals surface area contributed by atoms with Crippen LogP contribution in [-0.2, 0) is 11.2 Å². The topological polar surface area (TPSA) is 126 Å². The lowest BCUT2D eigenvalue weighted by Crippen LogP contribution is -2.46. The zero-order chi connectivity index (χ0) is 27.7. The molecule has 0 bridgehead atoms. The molecule has 4 N–H and O–H groups in total. The smallest absolute Gasteiger partial charge is 0.333 e. The number of rotatable bonds is 7. The van der Waals surface area contributed by atoms with Crippen LogP contribution in [0.4, 0.5) is 5.69 Å². The maximum Gasteiger partial charge on any atom is 0.333 e. The molecule has 3 aromatic carbocycles. The summed E-state index contributed by atoms with van der Waals surface area (Å²) in [4.78, 5) is 34.0. The van der Waals surface area contributed by atoms with E-state index in [9.17, 15) is 19.9 Å². The standard InChI is InChI=1S/C28H28ClN5O5/c1-16-32-34(38)28-22(15-26(37)30-12-11-17-3-10-24(35)25(36)13-17)31-27(18-4-6-19(29)7-5-18)21-14-20(39-2)8-9-23(21)33(16)28/h3-10,13-14,16,22,28H,11-12,15H2,1-2H3,(H3-,30,32,35,36,37,38)/p+1. The normalized spacial score (nSPS) is 19.9. The molecule has 1 fully saturated rings. The van der Waals surface area contributed by atoms with E-state index in [2.05, 4.69) is 10.7 Å². The number of nitrogens with zero attached hydrogens (tertiary/aromatic N) is 3. The number of hydrazine groups is 1. The predicted octanol–water partition coefficient (Wildman–Crippen LogP) is 3.50. The first-order valence-electron chi connectivity index (χ1n) is 12.6. The average Bonchev–Trinajstić information content (AvgIpc) is 3.13. The number of methoxy groups -OCH3 is 1. The number of carbonyl (C=O) groups is 1. The number of nitroso groups, excluding NO2 is 1. The van der Waals surface area contributed by atoms with Gasteiger partial charge in [-0.05, 0) is 61.4 Å². The Morgan fingerprint density at radius 1 is 1.13 bits per heavy atom. The summed E-state index contributed by atoms with van der Waals surface area (Å²) < 4.78 is 5.49. The Morgan fingerprint density at radius 2 is 1.90 bits per heavy atom. The van der Waals surface area contributed by atoms with Gasteiger partial charge in [-0.25, -0.2) is 0 Å². The molecule has 0 radical (unpaired) electrons. The zero-order valence-corrected chi connectivity index (χ0v) is 22.2. The van der Waals surface area contributed by atoms with Crippen molar-refractivity contribution in [2.24, 2.45) is 4.99 Å². The number of phenols is 2. The fraction of sp³-hybridized carbons (Fsp3) is 0.286. The monoisotopic (exact) mass is 550 g/mol. The molecule has 3 aromatic rings. The van der Waals surface area contributed by atoms with Crippen molar-refractivity contribution in [1.82, 2.24) is 10.7 Å². The summed E-state index contributed by atoms with van der Waals surface area (Å²) in [5, 5.41) is 22.7. The minimum absolute atomic E-state index is 0.0304. The summed E-state index contributed by atoms with van der Waals surface area (Å²) >= 11 is 6.15. The number of aromatic hydroxyl groups is 2. The van der Waals surface area contributed by atoms with Gasteiger partial charge in [0.1, 0.15) is 16.7 Å². The Labute approximate surface area is 230 Å². The summed E-state index contributed by atoms with van der Waals surface area (Å²) in [7, 11) is 1.59. The van der Waals surface area contributed by atoms with Gasteiger partial charge in [0.2, 0.25) is 5.91 Å². The highest BCUT2D eigenvalue weighted by molar-refractivity contribution is 6.30. The predicted molar refractivity (Wildman–Crippen MR) is 147 cm³/mol. The number of aliphatic imine (C=N–C) groups is 1. The molecule has 5 rings (SSSR count). The third kappa shape index (κ3) is 5.33. The van der Waals surface area contributed by atoms with E-state index in [0.717, 1.165) is 27.2 Å². The number of hydrogen-bond acceptors (Lipinski definition) is 7. The molecule has 11 heteroatoms. The van der Waals surface area contributed by atoms with Gasteiger partial charge in [-0.15, -0.1) is 5.43 Å². The quantitative estimate of drug-likeness (QED) is 0.262. The molecule has 3 unspecified atom stereocenters. The van der Waals surface area contributed by atoms with E-state index in [0.29, 0.717) is 29.4 Å². The number of nitrogens with one attached hydrogen (secondary N) is 2. The minimum Gasteiger partial charge on any atom is -0.504 e. The summed E-state index contributed by atoms with van der Waals surface area (Å²) in [5.41, 5.74) is 6.67. The first-order valence-corrected chi connectivity index (χ1v) is 12.9. The van der Waals surface area contributed by atoms with E-state index in [1.807, 2.05) is 42.2 Å². The maximum atomic E-state index is 13.1. The van der Waals surface area contributed by atoms with Crippen molar-refractivity contribution in [3.63, 3.8) is 0 Å². The van der Waals surface area contributed by atoms with Crippen molar-refractivity contribution in [2.75, 3.05) is 18.6 Å². The van der Waals surface area contributed by atoms with Crippen LogP contribution >= 0.6 is 11.6 Å². The molecule has 2 aliphatic rings. The fourth-order valence-electron chi connectivity index (χ4n) is 5.04. The van der Waals surface area contributed by atoms with Gasteiger partial charge in [-0.2, -0.15) is 0 Å². The number of amides is 1. The van der Waals surface area contributed by atoms with Crippen molar-refractivity contribution in [1.29, 1.82) is 0 Å². The van der Waals surface area contributed by atoms with Gasteiger partial charge in [-0.1, -0.05) is 29.8 Å². The van der Waals surface area contributed by atoms with Crippen molar-refractivity contribution >= 4 is 28.9 Å². The molecule has 0 saturated carbocycles. The highest BCUT2D eigenvalue weighted by Crippen LogP contribution is 2.37. The lowest BCUT2D eigenvalue weighted by atomic mass is 9.99. The van der Waals surface area contributed by atoms with Crippen LogP contribution in [0.2, 0.25) is 5.02 Å². The van der Waals surface area contributed by atoms with E-state index in [-0.39, 0.29) is 30.0 Å². The highest BCUT2D eigenvalue weighted by atomic mass is 35.5. The molecule has 0 spiro atoms. The molecule has 0 aromatic heterocycles. The lowest BCUT2D eigenvalue weighted by Gasteiger charge is -2.24. The largest absolute Gasteiger partial charge is 0.504 e. The van der Waals surface area contributed by atoms with Crippen LogP contribution < -0.4 is 20.4 Å². The Bertz CT molecular complexity index is 1440. The molecular weight excluding hydrogens is 522 g/mol. The van der Waals surface area contributed by atoms with Crippen molar-refractivity contribution < 1.29 is 24.6 Å². The van der Waals surface area contributed by atoms with Crippen molar-refractivity contribution in [3.8, 4) is 17.2 Å². The summed E-state index contributed by atoms with van der Waals surface area (Å²) in [6, 6.07) is 16.7. The van der Waals surface area contributed by atoms with Crippen LogP contribution in [0.25, 0.3) is 0 Å². The van der Waals surface area contributed by atoms with Gasteiger partial charge in [0.25, 0.3) is 0 Å². The Morgan fingerprint density at radius 3 is 2.62 bits per heavy atom. The zero-order valence-electron chi connectivity index (χ0n) is 21.5. The van der Waals surface area contributed by atoms with Gasteiger partial charge < -0.3 is 20.3 Å². The average molecular weight is 551 g/mol. The molecule has 3 atom stereocenters. The number of ether oxygens (including phenoxy) is 1. The molecule has 0 aliphatic carbocycles. The number of hydrogen-bond donors (Lipinski definition) is 4. The molecule has 39 heavy (non-hydrogen) atoms. The summed E-state index contributed by atoms with van der Waals surface area (Å²) in [6.07, 6.45) is -0.683.